The Hall–Kier alpha value is -1.06. The maximum absolute atomic E-state index is 5.53. The third-order valence-corrected chi connectivity index (χ3v) is 3.44. The summed E-state index contributed by atoms with van der Waals surface area (Å²) in [5, 5.41) is 3.54. The fourth-order valence-electron chi connectivity index (χ4n) is 2.30. The monoisotopic (exact) mass is 263 g/mol. The van der Waals surface area contributed by atoms with Gasteiger partial charge in [0.1, 0.15) is 5.75 Å². The third-order valence-electron chi connectivity index (χ3n) is 3.44. The molecule has 0 aromatic heterocycles. The van der Waals surface area contributed by atoms with Crippen molar-refractivity contribution in [2.75, 3.05) is 19.8 Å². The van der Waals surface area contributed by atoms with E-state index in [9.17, 15) is 0 Å². The van der Waals surface area contributed by atoms with E-state index in [1.807, 2.05) is 0 Å². The van der Waals surface area contributed by atoms with E-state index < -0.39 is 0 Å². The molecule has 0 aliphatic carbocycles. The van der Waals surface area contributed by atoms with Crippen LogP contribution in [0.5, 0.6) is 5.75 Å². The average molecular weight is 263 g/mol. The van der Waals surface area contributed by atoms with Crippen molar-refractivity contribution in [1.82, 2.24) is 5.32 Å². The molecule has 0 saturated heterocycles. The standard InChI is InChI=1S/C16H25NO2/c1-12(2)18-9-4-8-17-13(3)14-5-6-16-15(11-14)7-10-19-16/h5-6,11-13,17H,4,7-10H2,1-3H3. The lowest BCUT2D eigenvalue weighted by Crippen LogP contribution is -2.21. The summed E-state index contributed by atoms with van der Waals surface area (Å²) >= 11 is 0. The Labute approximate surface area is 116 Å². The van der Waals surface area contributed by atoms with Gasteiger partial charge in [0.15, 0.2) is 0 Å². The molecule has 1 N–H and O–H groups in total. The molecule has 0 spiro atoms. The maximum atomic E-state index is 5.53. The lowest BCUT2D eigenvalue weighted by molar-refractivity contribution is 0.0768. The van der Waals surface area contributed by atoms with Gasteiger partial charge < -0.3 is 14.8 Å². The molecule has 1 aromatic carbocycles. The number of nitrogens with one attached hydrogen (secondary N) is 1. The van der Waals surface area contributed by atoms with Crippen molar-refractivity contribution in [2.24, 2.45) is 0 Å². The van der Waals surface area contributed by atoms with Crippen molar-refractivity contribution < 1.29 is 9.47 Å². The van der Waals surface area contributed by atoms with E-state index in [2.05, 4.69) is 44.3 Å². The quantitative estimate of drug-likeness (QED) is 0.767. The predicted molar refractivity (Wildman–Crippen MR) is 77.8 cm³/mol. The van der Waals surface area contributed by atoms with Gasteiger partial charge in [-0.05, 0) is 50.9 Å². The number of rotatable bonds is 7. The van der Waals surface area contributed by atoms with Gasteiger partial charge in [0.05, 0.1) is 12.7 Å². The molecule has 0 radical (unpaired) electrons. The number of ether oxygens (including phenoxy) is 2. The first kappa shape index (κ1) is 14.4. The first-order valence-corrected chi connectivity index (χ1v) is 7.27. The molecular weight excluding hydrogens is 238 g/mol. The Kier molecular flexibility index (Phi) is 5.23. The van der Waals surface area contributed by atoms with Crippen molar-refractivity contribution >= 4 is 0 Å². The van der Waals surface area contributed by atoms with Crippen LogP contribution in [0.1, 0.15) is 44.4 Å². The Bertz CT molecular complexity index is 404. The number of hydrogen-bond acceptors (Lipinski definition) is 3. The van der Waals surface area contributed by atoms with E-state index in [1.165, 1.54) is 11.1 Å². The molecule has 1 aromatic rings. The molecule has 0 bridgehead atoms. The van der Waals surface area contributed by atoms with E-state index in [1.54, 1.807) is 0 Å². The third kappa shape index (κ3) is 4.22. The Morgan fingerprint density at radius 2 is 2.16 bits per heavy atom. The molecule has 0 saturated carbocycles. The van der Waals surface area contributed by atoms with Gasteiger partial charge in [-0.15, -0.1) is 0 Å². The van der Waals surface area contributed by atoms with Gasteiger partial charge in [0.25, 0.3) is 0 Å². The van der Waals surface area contributed by atoms with Gasteiger partial charge in [0, 0.05) is 19.1 Å². The van der Waals surface area contributed by atoms with Crippen molar-refractivity contribution in [2.45, 2.75) is 45.8 Å². The van der Waals surface area contributed by atoms with Crippen molar-refractivity contribution in [3.63, 3.8) is 0 Å². The molecular formula is C16H25NO2. The molecule has 19 heavy (non-hydrogen) atoms. The minimum Gasteiger partial charge on any atom is -0.493 e. The zero-order valence-electron chi connectivity index (χ0n) is 12.2. The largest absolute Gasteiger partial charge is 0.493 e. The Morgan fingerprint density at radius 3 is 2.95 bits per heavy atom. The summed E-state index contributed by atoms with van der Waals surface area (Å²) in [5.74, 6) is 1.06. The van der Waals surface area contributed by atoms with Crippen LogP contribution < -0.4 is 10.1 Å². The highest BCUT2D eigenvalue weighted by Gasteiger charge is 2.14. The average Bonchev–Trinajstić information content (AvgIpc) is 2.84. The second-order valence-electron chi connectivity index (χ2n) is 5.41. The van der Waals surface area contributed by atoms with Gasteiger partial charge in [-0.2, -0.15) is 0 Å². The molecule has 3 nitrogen and oxygen atoms in total. The molecule has 1 atom stereocenters. The lowest BCUT2D eigenvalue weighted by atomic mass is 10.0. The second-order valence-corrected chi connectivity index (χ2v) is 5.41. The van der Waals surface area contributed by atoms with Gasteiger partial charge in [-0.1, -0.05) is 12.1 Å². The fraction of sp³-hybridized carbons (Fsp3) is 0.625. The summed E-state index contributed by atoms with van der Waals surface area (Å²) in [6, 6.07) is 6.90. The molecule has 1 heterocycles. The Balaban J connectivity index is 1.75. The van der Waals surface area contributed by atoms with Crippen LogP contribution in [0.25, 0.3) is 0 Å². The van der Waals surface area contributed by atoms with Crippen LogP contribution >= 0.6 is 0 Å². The number of benzene rings is 1. The first-order chi connectivity index (χ1) is 9.16. The Morgan fingerprint density at radius 1 is 1.32 bits per heavy atom. The summed E-state index contributed by atoms with van der Waals surface area (Å²) < 4.78 is 11.1. The van der Waals surface area contributed by atoms with Crippen molar-refractivity contribution in [3.05, 3.63) is 29.3 Å². The summed E-state index contributed by atoms with van der Waals surface area (Å²) in [7, 11) is 0. The van der Waals surface area contributed by atoms with Crippen LogP contribution in [0.2, 0.25) is 0 Å². The molecule has 2 rings (SSSR count). The normalized spacial score (nSPS) is 15.4. The lowest BCUT2D eigenvalue weighted by Gasteiger charge is -2.15. The van der Waals surface area contributed by atoms with Crippen LogP contribution in [0.15, 0.2) is 18.2 Å². The molecule has 106 valence electrons. The smallest absolute Gasteiger partial charge is 0.122 e. The van der Waals surface area contributed by atoms with E-state index in [4.69, 9.17) is 9.47 Å². The fourth-order valence-corrected chi connectivity index (χ4v) is 2.30. The first-order valence-electron chi connectivity index (χ1n) is 7.27. The van der Waals surface area contributed by atoms with Crippen molar-refractivity contribution in [1.29, 1.82) is 0 Å². The molecule has 1 aliphatic rings. The van der Waals surface area contributed by atoms with Crippen LogP contribution in [-0.2, 0) is 11.2 Å². The minimum atomic E-state index is 0.328. The molecule has 0 amide bonds. The van der Waals surface area contributed by atoms with Gasteiger partial charge in [0.2, 0.25) is 0 Å². The van der Waals surface area contributed by atoms with E-state index in [0.29, 0.717) is 12.1 Å². The highest BCUT2D eigenvalue weighted by atomic mass is 16.5. The minimum absolute atomic E-state index is 0.328. The van der Waals surface area contributed by atoms with Gasteiger partial charge in [-0.25, -0.2) is 0 Å². The molecule has 0 fully saturated rings. The highest BCUT2D eigenvalue weighted by Crippen LogP contribution is 2.27. The van der Waals surface area contributed by atoms with Crippen LogP contribution in [-0.4, -0.2) is 25.9 Å². The topological polar surface area (TPSA) is 30.5 Å². The van der Waals surface area contributed by atoms with E-state index >= 15 is 0 Å². The van der Waals surface area contributed by atoms with Gasteiger partial charge >= 0.3 is 0 Å². The molecule has 1 aliphatic heterocycles. The second kappa shape index (κ2) is 6.92. The molecule has 1 unspecified atom stereocenters. The van der Waals surface area contributed by atoms with Gasteiger partial charge in [-0.3, -0.25) is 0 Å². The predicted octanol–water partition coefficient (Wildman–Crippen LogP) is 3.09. The SMILES string of the molecule is CC(C)OCCCNC(C)c1ccc2c(c1)CCO2. The molecule has 3 heteroatoms. The summed E-state index contributed by atoms with van der Waals surface area (Å²) in [6.07, 6.45) is 2.42. The summed E-state index contributed by atoms with van der Waals surface area (Å²) in [5.41, 5.74) is 2.68. The number of fused-ring (bicyclic) bond motifs is 1. The highest BCUT2D eigenvalue weighted by molar-refractivity contribution is 5.40. The van der Waals surface area contributed by atoms with Crippen LogP contribution in [0.4, 0.5) is 0 Å². The van der Waals surface area contributed by atoms with Crippen LogP contribution in [0, 0.1) is 0 Å². The summed E-state index contributed by atoms with van der Waals surface area (Å²) in [6.45, 7) is 9.00. The number of hydrogen-bond donors (Lipinski definition) is 1. The summed E-state index contributed by atoms with van der Waals surface area (Å²) in [4.78, 5) is 0. The van der Waals surface area contributed by atoms with E-state index in [0.717, 1.165) is 38.3 Å². The zero-order chi connectivity index (χ0) is 13.7. The maximum Gasteiger partial charge on any atom is 0.122 e. The van der Waals surface area contributed by atoms with E-state index in [-0.39, 0.29) is 0 Å². The van der Waals surface area contributed by atoms with Crippen LogP contribution in [0.3, 0.4) is 0 Å². The van der Waals surface area contributed by atoms with Crippen molar-refractivity contribution in [3.8, 4) is 5.75 Å². The zero-order valence-corrected chi connectivity index (χ0v) is 12.2.